The molecule has 0 unspecified atom stereocenters. The second-order valence-corrected chi connectivity index (χ2v) is 5.64. The Morgan fingerprint density at radius 2 is 1.86 bits per heavy atom. The van der Waals surface area contributed by atoms with Gasteiger partial charge in [0.1, 0.15) is 11.5 Å². The van der Waals surface area contributed by atoms with Gasteiger partial charge in [-0.05, 0) is 37.1 Å². The fourth-order valence-corrected chi connectivity index (χ4v) is 2.81. The number of amides is 1. The maximum atomic E-state index is 12.1. The minimum Gasteiger partial charge on any atom is -0.497 e. The number of benzene rings is 1. The number of hydrogen-bond acceptors (Lipinski definition) is 3. The number of hydrogen-bond donors (Lipinski definition) is 1. The summed E-state index contributed by atoms with van der Waals surface area (Å²) in [5.74, 6) is 1.42. The fourth-order valence-electron chi connectivity index (χ4n) is 2.81. The summed E-state index contributed by atoms with van der Waals surface area (Å²) < 4.78 is 10.5. The van der Waals surface area contributed by atoms with E-state index in [9.17, 15) is 4.79 Å². The standard InChI is InChI=1S/C18H25NO3/c1-21-16-10-11-17(22-2)14(13-16)9-12-18(20)19-15-7-5-3-4-6-8-15/h9-13,15H,3-8H2,1-2H3,(H,19,20)/b12-9+. The van der Waals surface area contributed by atoms with Crippen LogP contribution in [0, 0.1) is 0 Å². The summed E-state index contributed by atoms with van der Waals surface area (Å²) in [5, 5.41) is 3.10. The third-order valence-corrected chi connectivity index (χ3v) is 4.05. The minimum atomic E-state index is -0.0447. The Kier molecular flexibility index (Phi) is 6.31. The molecule has 4 nitrogen and oxygen atoms in total. The van der Waals surface area contributed by atoms with Gasteiger partial charge in [0.25, 0.3) is 0 Å². The molecular formula is C18H25NO3. The van der Waals surface area contributed by atoms with Gasteiger partial charge in [-0.2, -0.15) is 0 Å². The molecule has 0 aliphatic heterocycles. The van der Waals surface area contributed by atoms with Gasteiger partial charge in [-0.15, -0.1) is 0 Å². The Bertz CT molecular complexity index is 517. The van der Waals surface area contributed by atoms with Gasteiger partial charge in [0.15, 0.2) is 0 Å². The van der Waals surface area contributed by atoms with Crippen LogP contribution in [0.5, 0.6) is 11.5 Å². The Labute approximate surface area is 132 Å². The van der Waals surface area contributed by atoms with Gasteiger partial charge in [0, 0.05) is 17.7 Å². The lowest BCUT2D eigenvalue weighted by Crippen LogP contribution is -2.33. The van der Waals surface area contributed by atoms with Crippen LogP contribution in [0.15, 0.2) is 24.3 Å². The average molecular weight is 303 g/mol. The first kappa shape index (κ1) is 16.4. The third-order valence-electron chi connectivity index (χ3n) is 4.05. The molecule has 1 fully saturated rings. The lowest BCUT2D eigenvalue weighted by atomic mass is 10.1. The monoisotopic (exact) mass is 303 g/mol. The van der Waals surface area contributed by atoms with Gasteiger partial charge in [-0.3, -0.25) is 4.79 Å². The highest BCUT2D eigenvalue weighted by Crippen LogP contribution is 2.25. The van der Waals surface area contributed by atoms with Crippen LogP contribution in [0.4, 0.5) is 0 Å². The molecule has 1 aromatic rings. The van der Waals surface area contributed by atoms with Crippen LogP contribution in [0.2, 0.25) is 0 Å². The summed E-state index contributed by atoms with van der Waals surface area (Å²) in [7, 11) is 3.23. The van der Waals surface area contributed by atoms with Crippen LogP contribution in [-0.4, -0.2) is 26.2 Å². The molecule has 0 saturated heterocycles. The molecule has 1 aliphatic carbocycles. The predicted octanol–water partition coefficient (Wildman–Crippen LogP) is 3.56. The molecule has 1 saturated carbocycles. The minimum absolute atomic E-state index is 0.0447. The highest BCUT2D eigenvalue weighted by atomic mass is 16.5. The van der Waals surface area contributed by atoms with Crippen molar-refractivity contribution in [3.63, 3.8) is 0 Å². The molecule has 0 atom stereocenters. The molecule has 1 aliphatic rings. The highest BCUT2D eigenvalue weighted by molar-refractivity contribution is 5.92. The van der Waals surface area contributed by atoms with E-state index in [4.69, 9.17) is 9.47 Å². The van der Waals surface area contributed by atoms with Crippen LogP contribution >= 0.6 is 0 Å². The first-order valence-corrected chi connectivity index (χ1v) is 7.93. The molecule has 1 N–H and O–H groups in total. The zero-order valence-electron chi connectivity index (χ0n) is 13.4. The van der Waals surface area contributed by atoms with Gasteiger partial charge in [0.2, 0.25) is 5.91 Å². The van der Waals surface area contributed by atoms with Crippen LogP contribution in [-0.2, 0) is 4.79 Å². The molecule has 0 bridgehead atoms. The predicted molar refractivity (Wildman–Crippen MR) is 88.2 cm³/mol. The van der Waals surface area contributed by atoms with E-state index in [1.165, 1.54) is 25.7 Å². The largest absolute Gasteiger partial charge is 0.497 e. The molecule has 0 radical (unpaired) electrons. The molecule has 0 spiro atoms. The van der Waals surface area contributed by atoms with Crippen molar-refractivity contribution < 1.29 is 14.3 Å². The molecule has 0 aromatic heterocycles. The number of carbonyl (C=O) groups excluding carboxylic acids is 1. The Balaban J connectivity index is 1.99. The van der Waals surface area contributed by atoms with Crippen molar-refractivity contribution in [3.05, 3.63) is 29.8 Å². The second-order valence-electron chi connectivity index (χ2n) is 5.64. The summed E-state index contributed by atoms with van der Waals surface area (Å²) in [6, 6.07) is 5.84. The van der Waals surface area contributed by atoms with E-state index in [0.29, 0.717) is 6.04 Å². The maximum absolute atomic E-state index is 12.1. The Hall–Kier alpha value is -1.97. The smallest absolute Gasteiger partial charge is 0.244 e. The van der Waals surface area contributed by atoms with E-state index in [1.807, 2.05) is 18.2 Å². The number of carbonyl (C=O) groups is 1. The van der Waals surface area contributed by atoms with Crippen molar-refractivity contribution in [2.24, 2.45) is 0 Å². The molecule has 4 heteroatoms. The van der Waals surface area contributed by atoms with Gasteiger partial charge >= 0.3 is 0 Å². The zero-order chi connectivity index (χ0) is 15.8. The quantitative estimate of drug-likeness (QED) is 0.668. The molecule has 22 heavy (non-hydrogen) atoms. The first-order valence-electron chi connectivity index (χ1n) is 7.93. The van der Waals surface area contributed by atoms with Gasteiger partial charge < -0.3 is 14.8 Å². The summed E-state index contributed by atoms with van der Waals surface area (Å²) in [4.78, 5) is 12.1. The molecular weight excluding hydrogens is 278 g/mol. The third kappa shape index (κ3) is 4.79. The van der Waals surface area contributed by atoms with Crippen molar-refractivity contribution >= 4 is 12.0 Å². The second kappa shape index (κ2) is 8.47. The van der Waals surface area contributed by atoms with Crippen molar-refractivity contribution in [1.29, 1.82) is 0 Å². The summed E-state index contributed by atoms with van der Waals surface area (Å²) >= 11 is 0. The average Bonchev–Trinajstić information content (AvgIpc) is 2.81. The van der Waals surface area contributed by atoms with Crippen LogP contribution in [0.1, 0.15) is 44.1 Å². The van der Waals surface area contributed by atoms with Crippen molar-refractivity contribution in [3.8, 4) is 11.5 Å². The van der Waals surface area contributed by atoms with Gasteiger partial charge in [-0.25, -0.2) is 0 Å². The van der Waals surface area contributed by atoms with E-state index in [-0.39, 0.29) is 5.91 Å². The molecule has 120 valence electrons. The molecule has 1 aromatic carbocycles. The lowest BCUT2D eigenvalue weighted by molar-refractivity contribution is -0.117. The number of ether oxygens (including phenoxy) is 2. The lowest BCUT2D eigenvalue weighted by Gasteiger charge is -2.14. The van der Waals surface area contributed by atoms with E-state index >= 15 is 0 Å². The maximum Gasteiger partial charge on any atom is 0.244 e. The van der Waals surface area contributed by atoms with Crippen molar-refractivity contribution in [2.45, 2.75) is 44.6 Å². The molecule has 0 heterocycles. The highest BCUT2D eigenvalue weighted by Gasteiger charge is 2.13. The Morgan fingerprint density at radius 1 is 1.14 bits per heavy atom. The summed E-state index contributed by atoms with van der Waals surface area (Å²) in [5.41, 5.74) is 0.831. The topological polar surface area (TPSA) is 47.6 Å². The van der Waals surface area contributed by atoms with Crippen LogP contribution < -0.4 is 14.8 Å². The zero-order valence-corrected chi connectivity index (χ0v) is 13.4. The molecule has 1 amide bonds. The number of rotatable bonds is 5. The fraction of sp³-hybridized carbons (Fsp3) is 0.500. The molecule has 2 rings (SSSR count). The van der Waals surface area contributed by atoms with Crippen molar-refractivity contribution in [1.82, 2.24) is 5.32 Å². The SMILES string of the molecule is COc1ccc(OC)c(/C=C/C(=O)NC2CCCCCC2)c1. The summed E-state index contributed by atoms with van der Waals surface area (Å²) in [6.07, 6.45) is 10.5. The van der Waals surface area contributed by atoms with E-state index in [2.05, 4.69) is 5.32 Å². The van der Waals surface area contributed by atoms with E-state index in [1.54, 1.807) is 26.4 Å². The van der Waals surface area contributed by atoms with Crippen LogP contribution in [0.3, 0.4) is 0 Å². The number of nitrogens with one attached hydrogen (secondary N) is 1. The normalized spacial score (nSPS) is 16.3. The van der Waals surface area contributed by atoms with E-state index < -0.39 is 0 Å². The van der Waals surface area contributed by atoms with Gasteiger partial charge in [-0.1, -0.05) is 25.7 Å². The Morgan fingerprint density at radius 3 is 2.50 bits per heavy atom. The number of methoxy groups -OCH3 is 2. The first-order chi connectivity index (χ1) is 10.7. The van der Waals surface area contributed by atoms with E-state index in [0.717, 1.165) is 29.9 Å². The van der Waals surface area contributed by atoms with Crippen molar-refractivity contribution in [2.75, 3.05) is 14.2 Å². The summed E-state index contributed by atoms with van der Waals surface area (Å²) in [6.45, 7) is 0. The van der Waals surface area contributed by atoms with Gasteiger partial charge in [0.05, 0.1) is 14.2 Å². The van der Waals surface area contributed by atoms with Crippen LogP contribution in [0.25, 0.3) is 6.08 Å².